The molecule has 1 aliphatic heterocycles. The molecule has 0 bridgehead atoms. The maximum atomic E-state index is 6.35. The van der Waals surface area contributed by atoms with Gasteiger partial charge in [-0.1, -0.05) is 72.3 Å². The zero-order valence-corrected chi connectivity index (χ0v) is 15.0. The molecule has 124 valence electrons. The predicted octanol–water partition coefficient (Wildman–Crippen LogP) is 6.17. The summed E-state index contributed by atoms with van der Waals surface area (Å²) in [6.07, 6.45) is 1.84. The van der Waals surface area contributed by atoms with Crippen LogP contribution in [0.5, 0.6) is 0 Å². The second kappa shape index (κ2) is 6.50. The summed E-state index contributed by atoms with van der Waals surface area (Å²) >= 11 is 6.35. The highest BCUT2D eigenvalue weighted by atomic mass is 35.5. The van der Waals surface area contributed by atoms with Gasteiger partial charge in [-0.15, -0.1) is 0 Å². The molecule has 0 aromatic heterocycles. The maximum absolute atomic E-state index is 6.35. The van der Waals surface area contributed by atoms with Crippen LogP contribution in [0.4, 0.5) is 5.69 Å². The van der Waals surface area contributed by atoms with Crippen molar-refractivity contribution in [3.63, 3.8) is 0 Å². The van der Waals surface area contributed by atoms with Gasteiger partial charge in [0, 0.05) is 16.1 Å². The Balaban J connectivity index is 1.85. The minimum Gasteiger partial charge on any atom is -0.257 e. The van der Waals surface area contributed by atoms with E-state index in [4.69, 9.17) is 16.6 Å². The second-order valence-electron chi connectivity index (χ2n) is 6.77. The first-order valence-corrected chi connectivity index (χ1v) is 8.99. The van der Waals surface area contributed by atoms with Gasteiger partial charge in [-0.05, 0) is 54.7 Å². The molecule has 25 heavy (non-hydrogen) atoms. The van der Waals surface area contributed by atoms with E-state index in [9.17, 15) is 0 Å². The number of hydrogen-bond donors (Lipinski definition) is 0. The summed E-state index contributed by atoms with van der Waals surface area (Å²) in [4.78, 5) is 4.90. The lowest BCUT2D eigenvalue weighted by Gasteiger charge is -2.32. The Morgan fingerprint density at radius 3 is 1.92 bits per heavy atom. The van der Waals surface area contributed by atoms with E-state index in [2.05, 4.69) is 73.7 Å². The SMILES string of the molecule is CC1=Nc2ccc(Cl)cc2C1(Cc1ccccc1)Cc1ccccc1. The van der Waals surface area contributed by atoms with Crippen molar-refractivity contribution in [1.82, 2.24) is 0 Å². The summed E-state index contributed by atoms with van der Waals surface area (Å²) in [6.45, 7) is 2.15. The van der Waals surface area contributed by atoms with E-state index in [-0.39, 0.29) is 5.41 Å². The first-order chi connectivity index (χ1) is 12.2. The monoisotopic (exact) mass is 345 g/mol. The first-order valence-electron chi connectivity index (χ1n) is 8.61. The molecule has 0 saturated heterocycles. The van der Waals surface area contributed by atoms with E-state index in [1.807, 2.05) is 12.1 Å². The van der Waals surface area contributed by atoms with E-state index in [1.165, 1.54) is 16.7 Å². The predicted molar refractivity (Wildman–Crippen MR) is 106 cm³/mol. The molecule has 0 spiro atoms. The summed E-state index contributed by atoms with van der Waals surface area (Å²) in [7, 11) is 0. The molecule has 1 nitrogen and oxygen atoms in total. The Labute approximate surface area is 154 Å². The van der Waals surface area contributed by atoms with Crippen molar-refractivity contribution in [2.45, 2.75) is 25.2 Å². The summed E-state index contributed by atoms with van der Waals surface area (Å²) in [5, 5.41) is 0.772. The highest BCUT2D eigenvalue weighted by molar-refractivity contribution is 6.30. The normalized spacial score (nSPS) is 14.9. The number of benzene rings is 3. The first kappa shape index (κ1) is 16.1. The van der Waals surface area contributed by atoms with Gasteiger partial charge in [0.25, 0.3) is 0 Å². The van der Waals surface area contributed by atoms with E-state index in [1.54, 1.807) is 0 Å². The van der Waals surface area contributed by atoms with Crippen molar-refractivity contribution in [3.8, 4) is 0 Å². The fourth-order valence-electron chi connectivity index (χ4n) is 3.87. The van der Waals surface area contributed by atoms with Gasteiger partial charge in [0.1, 0.15) is 0 Å². The number of rotatable bonds is 4. The number of aliphatic imine (C=N–C) groups is 1. The van der Waals surface area contributed by atoms with Crippen molar-refractivity contribution in [3.05, 3.63) is 101 Å². The molecule has 3 aromatic rings. The topological polar surface area (TPSA) is 12.4 Å². The average Bonchev–Trinajstić information content (AvgIpc) is 2.88. The summed E-state index contributed by atoms with van der Waals surface area (Å²) in [6, 6.07) is 27.4. The molecule has 0 fully saturated rings. The third-order valence-electron chi connectivity index (χ3n) is 5.15. The number of hydrogen-bond acceptors (Lipinski definition) is 1. The Bertz CT molecular complexity index is 872. The van der Waals surface area contributed by atoms with Gasteiger partial charge >= 0.3 is 0 Å². The van der Waals surface area contributed by atoms with Gasteiger partial charge in [-0.2, -0.15) is 0 Å². The van der Waals surface area contributed by atoms with Crippen molar-refractivity contribution >= 4 is 23.0 Å². The Kier molecular flexibility index (Phi) is 4.19. The van der Waals surface area contributed by atoms with E-state index >= 15 is 0 Å². The highest BCUT2D eigenvalue weighted by Gasteiger charge is 2.41. The minimum absolute atomic E-state index is 0.150. The van der Waals surface area contributed by atoms with Crippen LogP contribution in [0.1, 0.15) is 23.6 Å². The van der Waals surface area contributed by atoms with Crippen molar-refractivity contribution in [2.24, 2.45) is 4.99 Å². The van der Waals surface area contributed by atoms with Crippen molar-refractivity contribution in [1.29, 1.82) is 0 Å². The molecule has 0 amide bonds. The third kappa shape index (κ3) is 3.01. The van der Waals surface area contributed by atoms with Gasteiger partial charge < -0.3 is 0 Å². The van der Waals surface area contributed by atoms with Crippen LogP contribution in [-0.2, 0) is 18.3 Å². The lowest BCUT2D eigenvalue weighted by atomic mass is 9.69. The third-order valence-corrected chi connectivity index (χ3v) is 5.39. The molecule has 0 unspecified atom stereocenters. The van der Waals surface area contributed by atoms with Crippen LogP contribution in [0.15, 0.2) is 83.9 Å². The molecular weight excluding hydrogens is 326 g/mol. The molecule has 3 aromatic carbocycles. The van der Waals surface area contributed by atoms with Crippen LogP contribution in [0, 0.1) is 0 Å². The van der Waals surface area contributed by atoms with Crippen LogP contribution in [0.25, 0.3) is 0 Å². The summed E-state index contributed by atoms with van der Waals surface area (Å²) in [5.74, 6) is 0. The van der Waals surface area contributed by atoms with E-state index in [0.29, 0.717) is 0 Å². The van der Waals surface area contributed by atoms with Crippen molar-refractivity contribution in [2.75, 3.05) is 0 Å². The second-order valence-corrected chi connectivity index (χ2v) is 7.20. The van der Waals surface area contributed by atoms with Gasteiger partial charge in [0.2, 0.25) is 0 Å². The standard InChI is InChI=1S/C23H20ClN/c1-17-23(15-18-8-4-2-5-9-18,16-19-10-6-3-7-11-19)21-14-20(24)12-13-22(21)25-17/h2-14H,15-16H2,1H3. The number of halogens is 1. The lowest BCUT2D eigenvalue weighted by molar-refractivity contribution is 0.575. The van der Waals surface area contributed by atoms with Gasteiger partial charge in [-0.25, -0.2) is 0 Å². The summed E-state index contributed by atoms with van der Waals surface area (Å²) in [5.41, 5.74) is 5.95. The van der Waals surface area contributed by atoms with E-state index in [0.717, 1.165) is 29.3 Å². The minimum atomic E-state index is -0.150. The Hall–Kier alpha value is -2.38. The van der Waals surface area contributed by atoms with Crippen molar-refractivity contribution < 1.29 is 0 Å². The van der Waals surface area contributed by atoms with Crippen LogP contribution < -0.4 is 0 Å². The largest absolute Gasteiger partial charge is 0.257 e. The Morgan fingerprint density at radius 1 is 0.800 bits per heavy atom. The van der Waals surface area contributed by atoms with Crippen LogP contribution in [-0.4, -0.2) is 5.71 Å². The molecule has 1 aliphatic rings. The van der Waals surface area contributed by atoms with Crippen LogP contribution in [0.3, 0.4) is 0 Å². The molecule has 0 aliphatic carbocycles. The summed E-state index contributed by atoms with van der Waals surface area (Å²) < 4.78 is 0. The van der Waals surface area contributed by atoms with Gasteiger partial charge in [0.15, 0.2) is 0 Å². The zero-order chi connectivity index (χ0) is 17.3. The maximum Gasteiger partial charge on any atom is 0.0672 e. The van der Waals surface area contributed by atoms with Gasteiger partial charge in [0.05, 0.1) is 5.69 Å². The number of fused-ring (bicyclic) bond motifs is 1. The molecule has 4 rings (SSSR count). The molecule has 0 radical (unpaired) electrons. The molecule has 0 atom stereocenters. The van der Waals surface area contributed by atoms with Crippen LogP contribution in [0.2, 0.25) is 5.02 Å². The van der Waals surface area contributed by atoms with Crippen LogP contribution >= 0.6 is 11.6 Å². The fraction of sp³-hybridized carbons (Fsp3) is 0.174. The zero-order valence-electron chi connectivity index (χ0n) is 14.2. The number of nitrogens with zero attached hydrogens (tertiary/aromatic N) is 1. The molecular formula is C23H20ClN. The molecule has 0 saturated carbocycles. The lowest BCUT2D eigenvalue weighted by Crippen LogP contribution is -2.36. The molecule has 0 N–H and O–H groups in total. The molecule has 1 heterocycles. The fourth-order valence-corrected chi connectivity index (χ4v) is 4.04. The molecule has 2 heteroatoms. The van der Waals surface area contributed by atoms with E-state index < -0.39 is 0 Å². The Morgan fingerprint density at radius 2 is 1.36 bits per heavy atom. The highest BCUT2D eigenvalue weighted by Crippen LogP contribution is 2.45. The average molecular weight is 346 g/mol. The quantitative estimate of drug-likeness (QED) is 0.536. The smallest absolute Gasteiger partial charge is 0.0672 e. The van der Waals surface area contributed by atoms with Gasteiger partial charge in [-0.3, -0.25) is 4.99 Å².